The van der Waals surface area contributed by atoms with Crippen molar-refractivity contribution in [2.75, 3.05) is 18.1 Å². The molecule has 1 aromatic rings. The Labute approximate surface area is 129 Å². The molecule has 0 radical (unpaired) electrons. The Kier molecular flexibility index (Phi) is 4.73. The molecule has 3 rings (SSSR count). The smallest absolute Gasteiger partial charge is 0.258 e. The van der Waals surface area contributed by atoms with E-state index in [0.29, 0.717) is 4.58 Å². The number of nitrogens with zero attached hydrogens (tertiary/aromatic N) is 1. The van der Waals surface area contributed by atoms with Gasteiger partial charge >= 0.3 is 0 Å². The maximum atomic E-state index is 12.7. The Morgan fingerprint density at radius 2 is 1.85 bits per heavy atom. The van der Waals surface area contributed by atoms with Crippen LogP contribution >= 0.6 is 23.5 Å². The first-order valence-electron chi connectivity index (χ1n) is 7.16. The highest BCUT2D eigenvalue weighted by Crippen LogP contribution is 2.38. The molecule has 0 N–H and O–H groups in total. The molecule has 1 aromatic carbocycles. The quantitative estimate of drug-likeness (QED) is 0.823. The lowest BCUT2D eigenvalue weighted by Gasteiger charge is -2.34. The van der Waals surface area contributed by atoms with Gasteiger partial charge in [0.05, 0.1) is 4.58 Å². The molecular formula is C16H19NOS2. The second-order valence-corrected chi connectivity index (χ2v) is 7.75. The number of benzene rings is 1. The van der Waals surface area contributed by atoms with Gasteiger partial charge in [0.25, 0.3) is 5.91 Å². The summed E-state index contributed by atoms with van der Waals surface area (Å²) in [5, 5.41) is 0. The van der Waals surface area contributed by atoms with Gasteiger partial charge in [-0.3, -0.25) is 4.79 Å². The Morgan fingerprint density at radius 3 is 2.60 bits per heavy atom. The van der Waals surface area contributed by atoms with Crippen molar-refractivity contribution in [3.63, 3.8) is 0 Å². The van der Waals surface area contributed by atoms with Gasteiger partial charge in [-0.1, -0.05) is 24.3 Å². The molecule has 1 amide bonds. The number of hydrogen-bond acceptors (Lipinski definition) is 3. The summed E-state index contributed by atoms with van der Waals surface area (Å²) in [5.74, 6) is 2.58. The van der Waals surface area contributed by atoms with Crippen molar-refractivity contribution in [1.82, 2.24) is 4.90 Å². The average molecular weight is 305 g/mol. The molecule has 0 saturated carbocycles. The van der Waals surface area contributed by atoms with Gasteiger partial charge < -0.3 is 4.90 Å². The Balaban J connectivity index is 1.81. The van der Waals surface area contributed by atoms with Crippen molar-refractivity contribution in [3.8, 4) is 0 Å². The van der Waals surface area contributed by atoms with Crippen LogP contribution < -0.4 is 0 Å². The van der Waals surface area contributed by atoms with Crippen LogP contribution in [0.15, 0.2) is 42.1 Å². The molecule has 106 valence electrons. The summed E-state index contributed by atoms with van der Waals surface area (Å²) in [6.45, 7) is 0.858. The molecule has 2 aliphatic rings. The van der Waals surface area contributed by atoms with Crippen molar-refractivity contribution in [2.24, 2.45) is 0 Å². The topological polar surface area (TPSA) is 20.3 Å². The fourth-order valence-corrected chi connectivity index (χ4v) is 5.56. The van der Waals surface area contributed by atoms with E-state index in [1.807, 2.05) is 58.8 Å². The molecule has 0 aliphatic carbocycles. The third-order valence-electron chi connectivity index (χ3n) is 3.59. The van der Waals surface area contributed by atoms with Crippen molar-refractivity contribution >= 4 is 29.4 Å². The first-order valence-corrected chi connectivity index (χ1v) is 9.26. The standard InChI is InChI=1S/C16H19NOS2/c18-15(13-7-2-1-3-8-13)17-10-5-4-9-14(17)16-19-11-6-12-20-16/h1-3,7-9,16H,4-6,10-12H2. The van der Waals surface area contributed by atoms with Crippen LogP contribution in [-0.4, -0.2) is 33.4 Å². The van der Waals surface area contributed by atoms with Crippen molar-refractivity contribution in [2.45, 2.75) is 23.8 Å². The van der Waals surface area contributed by atoms with Crippen molar-refractivity contribution in [3.05, 3.63) is 47.7 Å². The molecule has 0 atom stereocenters. The van der Waals surface area contributed by atoms with E-state index in [1.54, 1.807) is 0 Å². The number of carbonyl (C=O) groups excluding carboxylic acids is 1. The molecule has 0 unspecified atom stereocenters. The third-order valence-corrected chi connectivity index (χ3v) is 6.54. The Bertz CT molecular complexity index is 494. The van der Waals surface area contributed by atoms with E-state index in [-0.39, 0.29) is 5.91 Å². The summed E-state index contributed by atoms with van der Waals surface area (Å²) in [6.07, 6.45) is 5.74. The predicted octanol–water partition coefficient (Wildman–Crippen LogP) is 4.00. The van der Waals surface area contributed by atoms with Gasteiger partial charge in [-0.2, -0.15) is 0 Å². The van der Waals surface area contributed by atoms with Crippen LogP contribution in [0.4, 0.5) is 0 Å². The van der Waals surface area contributed by atoms with Crippen molar-refractivity contribution in [1.29, 1.82) is 0 Å². The zero-order valence-corrected chi connectivity index (χ0v) is 13.1. The summed E-state index contributed by atoms with van der Waals surface area (Å²) in [7, 11) is 0. The Hall–Kier alpha value is -0.870. The SMILES string of the molecule is O=C(c1ccccc1)N1CCCC=C1C1SCCCS1. The van der Waals surface area contributed by atoms with Gasteiger partial charge in [-0.15, -0.1) is 23.5 Å². The molecule has 0 aromatic heterocycles. The fraction of sp³-hybridized carbons (Fsp3) is 0.438. The first-order chi connectivity index (χ1) is 9.86. The van der Waals surface area contributed by atoms with E-state index in [0.717, 1.165) is 24.9 Å². The molecule has 1 fully saturated rings. The molecule has 20 heavy (non-hydrogen) atoms. The van der Waals surface area contributed by atoms with E-state index < -0.39 is 0 Å². The molecule has 0 spiro atoms. The predicted molar refractivity (Wildman–Crippen MR) is 88.1 cm³/mol. The van der Waals surface area contributed by atoms with Gasteiger partial charge in [0.2, 0.25) is 0 Å². The lowest BCUT2D eigenvalue weighted by Crippen LogP contribution is -2.37. The highest BCUT2D eigenvalue weighted by atomic mass is 32.2. The minimum Gasteiger partial charge on any atom is -0.310 e. The molecule has 0 bridgehead atoms. The summed E-state index contributed by atoms with van der Waals surface area (Å²) in [5.41, 5.74) is 2.03. The molecule has 1 saturated heterocycles. The zero-order valence-electron chi connectivity index (χ0n) is 11.5. The minimum absolute atomic E-state index is 0.156. The van der Waals surface area contributed by atoms with Gasteiger partial charge in [0.15, 0.2) is 0 Å². The number of allylic oxidation sites excluding steroid dienone is 1. The number of rotatable bonds is 2. The largest absolute Gasteiger partial charge is 0.310 e. The number of thioether (sulfide) groups is 2. The lowest BCUT2D eigenvalue weighted by molar-refractivity contribution is 0.0797. The van der Waals surface area contributed by atoms with Crippen LogP contribution in [0.1, 0.15) is 29.6 Å². The molecule has 2 nitrogen and oxygen atoms in total. The maximum absolute atomic E-state index is 12.7. The monoisotopic (exact) mass is 305 g/mol. The lowest BCUT2D eigenvalue weighted by atomic mass is 10.1. The maximum Gasteiger partial charge on any atom is 0.258 e. The average Bonchev–Trinajstić information content (AvgIpc) is 2.56. The summed E-state index contributed by atoms with van der Waals surface area (Å²) >= 11 is 3.97. The summed E-state index contributed by atoms with van der Waals surface area (Å²) in [4.78, 5) is 14.7. The van der Waals surface area contributed by atoms with E-state index in [4.69, 9.17) is 0 Å². The van der Waals surface area contributed by atoms with Crippen molar-refractivity contribution < 1.29 is 4.79 Å². The van der Waals surface area contributed by atoms with Crippen LogP contribution in [0, 0.1) is 0 Å². The second-order valence-electron chi connectivity index (χ2n) is 5.02. The summed E-state index contributed by atoms with van der Waals surface area (Å²) in [6, 6.07) is 9.65. The normalized spacial score (nSPS) is 20.6. The zero-order chi connectivity index (χ0) is 13.8. The highest BCUT2D eigenvalue weighted by Gasteiger charge is 2.29. The number of hydrogen-bond donors (Lipinski definition) is 0. The van der Waals surface area contributed by atoms with E-state index in [9.17, 15) is 4.79 Å². The number of carbonyl (C=O) groups is 1. The van der Waals surface area contributed by atoms with Crippen LogP contribution in [0.25, 0.3) is 0 Å². The van der Waals surface area contributed by atoms with Gasteiger partial charge in [0, 0.05) is 17.8 Å². The number of amides is 1. The fourth-order valence-electron chi connectivity index (χ4n) is 2.58. The minimum atomic E-state index is 0.156. The second kappa shape index (κ2) is 6.72. The van der Waals surface area contributed by atoms with E-state index in [2.05, 4.69) is 6.08 Å². The Morgan fingerprint density at radius 1 is 1.10 bits per heavy atom. The van der Waals surface area contributed by atoms with Crippen LogP contribution in [-0.2, 0) is 0 Å². The molecule has 2 aliphatic heterocycles. The summed E-state index contributed by atoms with van der Waals surface area (Å²) < 4.78 is 0.441. The van der Waals surface area contributed by atoms with Gasteiger partial charge in [-0.25, -0.2) is 0 Å². The van der Waals surface area contributed by atoms with Crippen LogP contribution in [0.2, 0.25) is 0 Å². The molecule has 2 heterocycles. The van der Waals surface area contributed by atoms with E-state index >= 15 is 0 Å². The molecule has 4 heteroatoms. The van der Waals surface area contributed by atoms with Crippen LogP contribution in [0.3, 0.4) is 0 Å². The highest BCUT2D eigenvalue weighted by molar-refractivity contribution is 8.17. The molecular weight excluding hydrogens is 286 g/mol. The van der Waals surface area contributed by atoms with Crippen LogP contribution in [0.5, 0.6) is 0 Å². The first kappa shape index (κ1) is 14.1. The van der Waals surface area contributed by atoms with Gasteiger partial charge in [0.1, 0.15) is 0 Å². The third kappa shape index (κ3) is 3.07. The van der Waals surface area contributed by atoms with E-state index in [1.165, 1.54) is 23.6 Å². The van der Waals surface area contributed by atoms with Gasteiger partial charge in [-0.05, 0) is 42.9 Å².